The molecule has 0 aromatic heterocycles. The summed E-state index contributed by atoms with van der Waals surface area (Å²) in [6.07, 6.45) is -10.8. The molecule has 25 nitrogen and oxygen atoms in total. The molecule has 0 spiro atoms. The maximum absolute atomic E-state index is 13.6. The summed E-state index contributed by atoms with van der Waals surface area (Å²) in [5.74, 6) is -8.49. The molecular weight excluding hydrogens is 844 g/mol. The Bertz CT molecular complexity index is 1560. The molecule has 0 aromatic rings. The molecule has 0 saturated carbocycles. The largest absolute Gasteiger partial charge is 0.469 e. The predicted octanol–water partition coefficient (Wildman–Crippen LogP) is -4.52. The van der Waals surface area contributed by atoms with Gasteiger partial charge in [-0.3, -0.25) is 43.2 Å². The molecule has 0 heterocycles. The van der Waals surface area contributed by atoms with Gasteiger partial charge < -0.3 is 76.4 Å². The van der Waals surface area contributed by atoms with Crippen molar-refractivity contribution in [3.63, 3.8) is 0 Å². The molecule has 25 heteroatoms. The van der Waals surface area contributed by atoms with Crippen LogP contribution in [0, 0.1) is 5.92 Å². The van der Waals surface area contributed by atoms with Crippen molar-refractivity contribution in [2.24, 2.45) is 5.92 Å². The first-order chi connectivity index (χ1) is 29.2. The van der Waals surface area contributed by atoms with E-state index in [4.69, 9.17) is 19.3 Å². The number of hydrogen-bond donors (Lipinski definition) is 11. The second kappa shape index (κ2) is 29.0. The number of Topliss-reactive ketones (excluding diaryl/α,β-unsaturated/α-hetero) is 1. The standard InChI is InChI=1S/C38H64N6O19/c1-37(2,3)62-32(55)11-10-27(50)41-16-28(51)42-17-29(52)43-18-30(53)44-22(20-61-36(59)39-13-12-31(54)60-7)23(46)14-21(35(58)63-38(4,5)6)8-9-26(49)40-15-24(47)33(56)34(57)25(48)19-45/h21-22,24-25,33-34,45,47-48,56-57H,8-20H2,1-7H3,(H,39,59)(H,40,49)(H,41,50)(H,42,51)(H,43,52)(H,44,53)/t21?,22?,24-,25+,33+,34+/m0/s1. The molecule has 0 rings (SSSR count). The Balaban J connectivity index is 5.63. The average molecular weight is 909 g/mol. The highest BCUT2D eigenvalue weighted by atomic mass is 16.6. The summed E-state index contributed by atoms with van der Waals surface area (Å²) in [5, 5.41) is 61.8. The van der Waals surface area contributed by atoms with Gasteiger partial charge in [0, 0.05) is 32.4 Å². The first-order valence-electron chi connectivity index (χ1n) is 19.8. The van der Waals surface area contributed by atoms with Gasteiger partial charge in [-0.05, 0) is 48.0 Å². The smallest absolute Gasteiger partial charge is 0.407 e. The summed E-state index contributed by atoms with van der Waals surface area (Å²) in [5.41, 5.74) is -1.80. The fourth-order valence-corrected chi connectivity index (χ4v) is 4.77. The molecule has 0 aromatic carbocycles. The number of ketones is 1. The van der Waals surface area contributed by atoms with Gasteiger partial charge in [0.1, 0.15) is 42.2 Å². The van der Waals surface area contributed by atoms with Crippen LogP contribution in [0.25, 0.3) is 0 Å². The van der Waals surface area contributed by atoms with Crippen molar-refractivity contribution in [1.29, 1.82) is 0 Å². The van der Waals surface area contributed by atoms with Crippen LogP contribution in [0.1, 0.15) is 80.1 Å². The van der Waals surface area contributed by atoms with E-state index in [0.717, 1.165) is 7.11 Å². The Morgan fingerprint density at radius 3 is 1.65 bits per heavy atom. The Morgan fingerprint density at radius 2 is 1.11 bits per heavy atom. The fraction of sp³-hybridized carbons (Fsp3) is 0.737. The van der Waals surface area contributed by atoms with E-state index < -0.39 is 159 Å². The zero-order valence-electron chi connectivity index (χ0n) is 36.6. The third-order valence-corrected chi connectivity index (χ3v) is 7.99. The molecule has 63 heavy (non-hydrogen) atoms. The van der Waals surface area contributed by atoms with Gasteiger partial charge in [-0.2, -0.15) is 0 Å². The van der Waals surface area contributed by atoms with Crippen LogP contribution in [0.15, 0.2) is 0 Å². The molecule has 360 valence electrons. The summed E-state index contributed by atoms with van der Waals surface area (Å²) in [7, 11) is 1.13. The van der Waals surface area contributed by atoms with Crippen LogP contribution < -0.4 is 31.9 Å². The average Bonchev–Trinajstić information content (AvgIpc) is 3.19. The van der Waals surface area contributed by atoms with Crippen LogP contribution in [-0.2, 0) is 62.1 Å². The van der Waals surface area contributed by atoms with E-state index in [9.17, 15) is 68.4 Å². The third kappa shape index (κ3) is 27.9. The van der Waals surface area contributed by atoms with E-state index in [-0.39, 0.29) is 32.2 Å². The Kier molecular flexibility index (Phi) is 26.4. The Hall–Kier alpha value is -5.50. The zero-order chi connectivity index (χ0) is 48.5. The number of carbonyl (C=O) groups is 10. The number of aliphatic hydroxyl groups is 5. The van der Waals surface area contributed by atoms with Gasteiger partial charge in [-0.25, -0.2) is 4.79 Å². The topological polar surface area (TPSA) is 381 Å². The second-order valence-electron chi connectivity index (χ2n) is 15.9. The monoisotopic (exact) mass is 908 g/mol. The van der Waals surface area contributed by atoms with Crippen molar-refractivity contribution >= 4 is 59.3 Å². The number of nitrogens with one attached hydrogen (secondary N) is 6. The van der Waals surface area contributed by atoms with Crippen LogP contribution in [0.5, 0.6) is 0 Å². The molecule has 6 atom stereocenters. The molecule has 0 saturated heterocycles. The second-order valence-corrected chi connectivity index (χ2v) is 15.9. The van der Waals surface area contributed by atoms with Gasteiger partial charge in [0.05, 0.1) is 58.2 Å². The lowest BCUT2D eigenvalue weighted by Gasteiger charge is -2.26. The van der Waals surface area contributed by atoms with E-state index in [1.807, 2.05) is 0 Å². The maximum Gasteiger partial charge on any atom is 0.407 e. The molecular formula is C38H64N6O19. The molecule has 2 unspecified atom stereocenters. The van der Waals surface area contributed by atoms with Gasteiger partial charge in [-0.15, -0.1) is 0 Å². The minimum Gasteiger partial charge on any atom is -0.469 e. The molecule has 0 fully saturated rings. The number of amides is 6. The number of rotatable bonds is 28. The van der Waals surface area contributed by atoms with Crippen LogP contribution in [-0.4, -0.2) is 180 Å². The molecule has 0 aliphatic heterocycles. The maximum atomic E-state index is 13.6. The minimum absolute atomic E-state index is 0.219. The van der Waals surface area contributed by atoms with Crippen LogP contribution in [0.2, 0.25) is 0 Å². The highest BCUT2D eigenvalue weighted by molar-refractivity contribution is 5.94. The lowest BCUT2D eigenvalue weighted by Crippen LogP contribution is -2.50. The zero-order valence-corrected chi connectivity index (χ0v) is 36.6. The van der Waals surface area contributed by atoms with Crippen molar-refractivity contribution < 1.29 is 92.4 Å². The van der Waals surface area contributed by atoms with Gasteiger partial charge in [0.25, 0.3) is 0 Å². The van der Waals surface area contributed by atoms with Crippen LogP contribution in [0.3, 0.4) is 0 Å². The third-order valence-electron chi connectivity index (χ3n) is 7.99. The fourth-order valence-electron chi connectivity index (χ4n) is 4.77. The van der Waals surface area contributed by atoms with Crippen molar-refractivity contribution in [2.75, 3.05) is 53.0 Å². The number of methoxy groups -OCH3 is 1. The molecule has 0 bridgehead atoms. The van der Waals surface area contributed by atoms with E-state index in [1.54, 1.807) is 20.8 Å². The van der Waals surface area contributed by atoms with Gasteiger partial charge in [0.2, 0.25) is 29.5 Å². The number of esters is 3. The van der Waals surface area contributed by atoms with Crippen molar-refractivity contribution in [2.45, 2.75) is 122 Å². The summed E-state index contributed by atoms with van der Waals surface area (Å²) in [6, 6.07) is -1.66. The lowest BCUT2D eigenvalue weighted by atomic mass is 9.93. The number of carbonyl (C=O) groups excluding carboxylic acids is 10. The Morgan fingerprint density at radius 1 is 0.587 bits per heavy atom. The quantitative estimate of drug-likeness (QED) is 0.0260. The van der Waals surface area contributed by atoms with Crippen molar-refractivity contribution in [3.8, 4) is 0 Å². The SMILES string of the molecule is COC(=O)CCNC(=O)OCC(NC(=O)CNC(=O)CNC(=O)CNC(=O)CCC(=O)OC(C)(C)C)C(=O)CC(CCC(=O)NC[C@H](O)[C@@H](O)[C@H](O)[C@H](O)CO)C(=O)OC(C)(C)C. The molecule has 6 amide bonds. The number of alkyl carbamates (subject to hydrolysis) is 1. The van der Waals surface area contributed by atoms with Crippen molar-refractivity contribution in [1.82, 2.24) is 31.9 Å². The highest BCUT2D eigenvalue weighted by Crippen LogP contribution is 2.20. The predicted molar refractivity (Wildman–Crippen MR) is 214 cm³/mol. The number of ether oxygens (including phenoxy) is 4. The van der Waals surface area contributed by atoms with Crippen LogP contribution >= 0.6 is 0 Å². The number of aliphatic hydroxyl groups excluding tert-OH is 5. The van der Waals surface area contributed by atoms with Crippen LogP contribution in [0.4, 0.5) is 4.79 Å². The summed E-state index contributed by atoms with van der Waals surface area (Å²) in [6.45, 7) is 5.06. The Labute approximate surface area is 364 Å². The van der Waals surface area contributed by atoms with Gasteiger partial charge >= 0.3 is 24.0 Å². The molecule has 11 N–H and O–H groups in total. The minimum atomic E-state index is -1.96. The molecule has 0 aliphatic carbocycles. The van der Waals surface area contributed by atoms with Gasteiger partial charge in [0.15, 0.2) is 5.78 Å². The first kappa shape index (κ1) is 57.5. The van der Waals surface area contributed by atoms with E-state index >= 15 is 0 Å². The van der Waals surface area contributed by atoms with E-state index in [1.165, 1.54) is 20.8 Å². The van der Waals surface area contributed by atoms with E-state index in [0.29, 0.717) is 0 Å². The lowest BCUT2D eigenvalue weighted by molar-refractivity contribution is -0.161. The summed E-state index contributed by atoms with van der Waals surface area (Å²) >= 11 is 0. The van der Waals surface area contributed by atoms with Gasteiger partial charge in [-0.1, -0.05) is 0 Å². The normalized spacial score (nSPS) is 14.2. The first-order valence-corrected chi connectivity index (χ1v) is 19.8. The molecule has 0 radical (unpaired) electrons. The number of hydrogen-bond acceptors (Lipinski definition) is 19. The van der Waals surface area contributed by atoms with Crippen molar-refractivity contribution in [3.05, 3.63) is 0 Å². The molecule has 0 aliphatic rings. The van der Waals surface area contributed by atoms with E-state index in [2.05, 4.69) is 36.6 Å². The highest BCUT2D eigenvalue weighted by Gasteiger charge is 2.33. The summed E-state index contributed by atoms with van der Waals surface area (Å²) < 4.78 is 20.1. The summed E-state index contributed by atoms with van der Waals surface area (Å²) in [4.78, 5) is 124.